The molecular weight excluding hydrogens is 566 g/mol. The Balaban J connectivity index is 1.46. The number of halogens is 1. The molecular formula is C34H32ClN3O3S. The highest BCUT2D eigenvalue weighted by molar-refractivity contribution is 8.00. The van der Waals surface area contributed by atoms with Crippen LogP contribution in [0.25, 0.3) is 6.08 Å². The predicted octanol–water partition coefficient (Wildman–Crippen LogP) is 7.99. The van der Waals surface area contributed by atoms with Crippen molar-refractivity contribution in [2.24, 2.45) is 0 Å². The Morgan fingerprint density at radius 1 is 0.762 bits per heavy atom. The van der Waals surface area contributed by atoms with Crippen LogP contribution in [-0.2, 0) is 9.59 Å². The van der Waals surface area contributed by atoms with Crippen LogP contribution in [0.5, 0.6) is 0 Å². The molecule has 0 bridgehead atoms. The second-order valence-electron chi connectivity index (χ2n) is 9.91. The van der Waals surface area contributed by atoms with Crippen LogP contribution in [0.3, 0.4) is 0 Å². The van der Waals surface area contributed by atoms with Gasteiger partial charge in [-0.1, -0.05) is 80.0 Å². The molecule has 3 N–H and O–H groups in total. The predicted molar refractivity (Wildman–Crippen MR) is 173 cm³/mol. The normalized spacial score (nSPS) is 12.0. The van der Waals surface area contributed by atoms with E-state index in [2.05, 4.69) is 29.8 Å². The zero-order chi connectivity index (χ0) is 30.1. The van der Waals surface area contributed by atoms with Crippen molar-refractivity contribution in [1.82, 2.24) is 5.32 Å². The molecule has 0 heterocycles. The Bertz CT molecular complexity index is 1590. The number of anilines is 2. The fourth-order valence-electron chi connectivity index (χ4n) is 3.99. The van der Waals surface area contributed by atoms with Crippen LogP contribution in [0.15, 0.2) is 114 Å². The maximum absolute atomic E-state index is 13.4. The van der Waals surface area contributed by atoms with E-state index in [0.717, 1.165) is 10.6 Å². The van der Waals surface area contributed by atoms with E-state index in [1.807, 2.05) is 43.3 Å². The van der Waals surface area contributed by atoms with Gasteiger partial charge in [0.05, 0.1) is 5.25 Å². The number of carbonyl (C=O) groups excluding carboxylic acids is 3. The Labute approximate surface area is 255 Å². The number of carbonyl (C=O) groups is 3. The van der Waals surface area contributed by atoms with Crippen molar-refractivity contribution in [1.29, 1.82) is 0 Å². The molecule has 0 aliphatic rings. The van der Waals surface area contributed by atoms with Crippen molar-refractivity contribution in [2.45, 2.75) is 36.8 Å². The van der Waals surface area contributed by atoms with Gasteiger partial charge in [-0.2, -0.15) is 0 Å². The maximum atomic E-state index is 13.4. The lowest BCUT2D eigenvalue weighted by Crippen LogP contribution is -2.30. The topological polar surface area (TPSA) is 87.3 Å². The summed E-state index contributed by atoms with van der Waals surface area (Å²) in [5, 5.41) is 8.59. The van der Waals surface area contributed by atoms with Crippen molar-refractivity contribution in [3.8, 4) is 0 Å². The van der Waals surface area contributed by atoms with Crippen LogP contribution >= 0.6 is 23.4 Å². The lowest BCUT2D eigenvalue weighted by atomic mass is 10.0. The minimum absolute atomic E-state index is 0.0336. The van der Waals surface area contributed by atoms with E-state index >= 15 is 0 Å². The second kappa shape index (κ2) is 14.5. The molecule has 42 heavy (non-hydrogen) atoms. The minimum Gasteiger partial charge on any atom is -0.325 e. The first kappa shape index (κ1) is 30.6. The minimum atomic E-state index is -0.517. The molecule has 0 fully saturated rings. The van der Waals surface area contributed by atoms with E-state index in [1.54, 1.807) is 66.7 Å². The average Bonchev–Trinajstić information content (AvgIpc) is 2.98. The van der Waals surface area contributed by atoms with Gasteiger partial charge >= 0.3 is 0 Å². The van der Waals surface area contributed by atoms with Crippen LogP contribution in [-0.4, -0.2) is 23.0 Å². The van der Waals surface area contributed by atoms with Gasteiger partial charge in [0, 0.05) is 26.9 Å². The van der Waals surface area contributed by atoms with Gasteiger partial charge in [0.25, 0.3) is 11.8 Å². The van der Waals surface area contributed by atoms with Gasteiger partial charge < -0.3 is 16.0 Å². The molecule has 4 rings (SSSR count). The van der Waals surface area contributed by atoms with Gasteiger partial charge in [-0.15, -0.1) is 11.8 Å². The van der Waals surface area contributed by atoms with Gasteiger partial charge in [-0.05, 0) is 78.6 Å². The zero-order valence-corrected chi connectivity index (χ0v) is 25.1. The quantitative estimate of drug-likeness (QED) is 0.128. The molecule has 8 heteroatoms. The summed E-state index contributed by atoms with van der Waals surface area (Å²) in [6, 6.07) is 30.7. The van der Waals surface area contributed by atoms with E-state index in [1.165, 1.54) is 23.4 Å². The summed E-state index contributed by atoms with van der Waals surface area (Å²) in [4.78, 5) is 39.9. The van der Waals surface area contributed by atoms with E-state index < -0.39 is 11.8 Å². The highest BCUT2D eigenvalue weighted by Gasteiger charge is 2.18. The Hall–Kier alpha value is -4.33. The molecule has 0 radical (unpaired) electrons. The smallest absolute Gasteiger partial charge is 0.272 e. The van der Waals surface area contributed by atoms with E-state index in [-0.39, 0.29) is 16.9 Å². The SMILES string of the molecule is CC(Sc1cccc(NC(=O)/C(=C\c2ccccc2Cl)NC(=O)c2ccccc2)c1)C(=O)Nc1ccc(C(C)C)cc1. The van der Waals surface area contributed by atoms with Crippen LogP contribution in [0.2, 0.25) is 5.02 Å². The molecule has 1 unspecified atom stereocenters. The van der Waals surface area contributed by atoms with Gasteiger partial charge in [-0.25, -0.2) is 0 Å². The molecule has 3 amide bonds. The van der Waals surface area contributed by atoms with Crippen LogP contribution in [0, 0.1) is 0 Å². The number of hydrogen-bond donors (Lipinski definition) is 3. The Morgan fingerprint density at radius 2 is 1.45 bits per heavy atom. The summed E-state index contributed by atoms with van der Waals surface area (Å²) in [5.41, 5.74) is 3.50. The third kappa shape index (κ3) is 8.59. The number of rotatable bonds is 10. The van der Waals surface area contributed by atoms with Crippen molar-refractivity contribution in [3.05, 3.63) is 131 Å². The fourth-order valence-corrected chi connectivity index (χ4v) is 5.11. The second-order valence-corrected chi connectivity index (χ2v) is 11.7. The van der Waals surface area contributed by atoms with Gasteiger partial charge in [-0.3, -0.25) is 14.4 Å². The molecule has 1 atom stereocenters. The molecule has 6 nitrogen and oxygen atoms in total. The summed E-state index contributed by atoms with van der Waals surface area (Å²) < 4.78 is 0. The van der Waals surface area contributed by atoms with Crippen molar-refractivity contribution in [3.63, 3.8) is 0 Å². The molecule has 214 valence electrons. The largest absolute Gasteiger partial charge is 0.325 e. The highest BCUT2D eigenvalue weighted by atomic mass is 35.5. The van der Waals surface area contributed by atoms with Gasteiger partial charge in [0.15, 0.2) is 0 Å². The van der Waals surface area contributed by atoms with Crippen molar-refractivity contribution in [2.75, 3.05) is 10.6 Å². The first-order valence-corrected chi connectivity index (χ1v) is 14.8. The van der Waals surface area contributed by atoms with Crippen molar-refractivity contribution >= 4 is 58.5 Å². The van der Waals surface area contributed by atoms with Crippen LogP contribution in [0.4, 0.5) is 11.4 Å². The molecule has 0 saturated carbocycles. The molecule has 0 aliphatic carbocycles. The number of benzene rings is 4. The average molecular weight is 598 g/mol. The number of nitrogens with one attached hydrogen (secondary N) is 3. The molecule has 0 spiro atoms. The lowest BCUT2D eigenvalue weighted by Gasteiger charge is -2.15. The summed E-state index contributed by atoms with van der Waals surface area (Å²) in [5.74, 6) is -0.649. The summed E-state index contributed by atoms with van der Waals surface area (Å²) in [6.45, 7) is 6.08. The van der Waals surface area contributed by atoms with E-state index in [4.69, 9.17) is 11.6 Å². The zero-order valence-electron chi connectivity index (χ0n) is 23.6. The van der Waals surface area contributed by atoms with E-state index in [0.29, 0.717) is 27.8 Å². The molecule has 0 saturated heterocycles. The van der Waals surface area contributed by atoms with Crippen LogP contribution in [0.1, 0.15) is 48.2 Å². The van der Waals surface area contributed by atoms with Gasteiger partial charge in [0.1, 0.15) is 5.70 Å². The third-order valence-electron chi connectivity index (χ3n) is 6.35. The molecule has 0 aromatic heterocycles. The lowest BCUT2D eigenvalue weighted by molar-refractivity contribution is -0.115. The summed E-state index contributed by atoms with van der Waals surface area (Å²) >= 11 is 7.70. The first-order valence-electron chi connectivity index (χ1n) is 13.5. The third-order valence-corrected chi connectivity index (χ3v) is 7.79. The molecule has 4 aromatic rings. The number of amides is 3. The molecule has 4 aromatic carbocycles. The summed E-state index contributed by atoms with van der Waals surface area (Å²) in [6.07, 6.45) is 1.54. The number of hydrogen-bond acceptors (Lipinski definition) is 4. The Kier molecular flexibility index (Phi) is 10.6. The monoisotopic (exact) mass is 597 g/mol. The molecule has 0 aliphatic heterocycles. The van der Waals surface area contributed by atoms with E-state index in [9.17, 15) is 14.4 Å². The highest BCUT2D eigenvalue weighted by Crippen LogP contribution is 2.27. The fraction of sp³-hybridized carbons (Fsp3) is 0.147. The van der Waals surface area contributed by atoms with Crippen LogP contribution < -0.4 is 16.0 Å². The summed E-state index contributed by atoms with van der Waals surface area (Å²) in [7, 11) is 0. The standard InChI is InChI=1S/C34H32ClN3O3S/c1-22(2)24-16-18-27(19-17-24)36-32(39)23(3)42-29-14-9-13-28(21-29)37-34(41)31(20-26-12-7-8-15-30(26)35)38-33(40)25-10-5-4-6-11-25/h4-23H,1-3H3,(H,36,39)(H,37,41)(H,38,40)/b31-20+. The number of thioether (sulfide) groups is 1. The maximum Gasteiger partial charge on any atom is 0.272 e. The first-order chi connectivity index (χ1) is 20.2. The Morgan fingerprint density at radius 3 is 2.14 bits per heavy atom. The van der Waals surface area contributed by atoms with Gasteiger partial charge in [0.2, 0.25) is 5.91 Å². The van der Waals surface area contributed by atoms with Crippen molar-refractivity contribution < 1.29 is 14.4 Å².